The van der Waals surface area contributed by atoms with Gasteiger partial charge in [0.15, 0.2) is 0 Å². The first-order valence-electron chi connectivity index (χ1n) is 5.73. The molecule has 1 saturated carbocycles. The van der Waals surface area contributed by atoms with Crippen molar-refractivity contribution in [2.24, 2.45) is 5.92 Å². The van der Waals surface area contributed by atoms with E-state index in [2.05, 4.69) is 6.58 Å². The standard InChI is InChI=1S/C12H20O3/c1-2-9-14-12(13)15-10-11-7-5-3-4-6-8-11/h2,11H,1,3-10H2. The predicted molar refractivity (Wildman–Crippen MR) is 58.7 cm³/mol. The summed E-state index contributed by atoms with van der Waals surface area (Å²) < 4.78 is 9.76. The van der Waals surface area contributed by atoms with Crippen molar-refractivity contribution in [3.8, 4) is 0 Å². The van der Waals surface area contributed by atoms with Crippen molar-refractivity contribution in [1.82, 2.24) is 0 Å². The van der Waals surface area contributed by atoms with Crippen LogP contribution >= 0.6 is 0 Å². The maximum absolute atomic E-state index is 11.0. The van der Waals surface area contributed by atoms with Crippen molar-refractivity contribution in [1.29, 1.82) is 0 Å². The van der Waals surface area contributed by atoms with E-state index in [0.29, 0.717) is 12.5 Å². The van der Waals surface area contributed by atoms with E-state index in [1.165, 1.54) is 44.6 Å². The van der Waals surface area contributed by atoms with E-state index in [1.807, 2.05) is 0 Å². The Hall–Kier alpha value is -0.990. The summed E-state index contributed by atoms with van der Waals surface area (Å²) in [6.45, 7) is 4.20. The highest BCUT2D eigenvalue weighted by Crippen LogP contribution is 2.22. The molecule has 0 aliphatic heterocycles. The molecule has 0 radical (unpaired) electrons. The van der Waals surface area contributed by atoms with Gasteiger partial charge in [-0.1, -0.05) is 38.3 Å². The monoisotopic (exact) mass is 212 g/mol. The van der Waals surface area contributed by atoms with Crippen LogP contribution in [0.5, 0.6) is 0 Å². The highest BCUT2D eigenvalue weighted by Gasteiger charge is 2.14. The lowest BCUT2D eigenvalue weighted by molar-refractivity contribution is 0.0495. The van der Waals surface area contributed by atoms with Crippen molar-refractivity contribution in [2.45, 2.75) is 38.5 Å². The number of hydrogen-bond acceptors (Lipinski definition) is 3. The van der Waals surface area contributed by atoms with Crippen LogP contribution < -0.4 is 0 Å². The molecule has 0 saturated heterocycles. The van der Waals surface area contributed by atoms with Gasteiger partial charge >= 0.3 is 6.16 Å². The highest BCUT2D eigenvalue weighted by atomic mass is 16.7. The number of hydrogen-bond donors (Lipinski definition) is 0. The second kappa shape index (κ2) is 7.32. The molecule has 15 heavy (non-hydrogen) atoms. The van der Waals surface area contributed by atoms with E-state index in [9.17, 15) is 4.79 Å². The maximum atomic E-state index is 11.0. The zero-order valence-corrected chi connectivity index (χ0v) is 9.24. The van der Waals surface area contributed by atoms with Gasteiger partial charge in [-0.25, -0.2) is 4.79 Å². The van der Waals surface area contributed by atoms with E-state index in [-0.39, 0.29) is 6.61 Å². The molecule has 1 fully saturated rings. The molecule has 3 nitrogen and oxygen atoms in total. The third-order valence-electron chi connectivity index (χ3n) is 2.73. The van der Waals surface area contributed by atoms with Gasteiger partial charge in [0.1, 0.15) is 6.61 Å². The fraction of sp³-hybridized carbons (Fsp3) is 0.750. The molecule has 0 atom stereocenters. The predicted octanol–water partition coefficient (Wildman–Crippen LogP) is 3.30. The van der Waals surface area contributed by atoms with Crippen molar-refractivity contribution in [3.05, 3.63) is 12.7 Å². The third kappa shape index (κ3) is 5.45. The summed E-state index contributed by atoms with van der Waals surface area (Å²) in [5.41, 5.74) is 0. The van der Waals surface area contributed by atoms with E-state index >= 15 is 0 Å². The van der Waals surface area contributed by atoms with Crippen molar-refractivity contribution < 1.29 is 14.3 Å². The molecule has 86 valence electrons. The van der Waals surface area contributed by atoms with Gasteiger partial charge in [-0.2, -0.15) is 0 Å². The van der Waals surface area contributed by atoms with Crippen molar-refractivity contribution >= 4 is 6.16 Å². The molecule has 1 rings (SSSR count). The molecule has 0 N–H and O–H groups in total. The Morgan fingerprint density at radius 3 is 2.47 bits per heavy atom. The van der Waals surface area contributed by atoms with Crippen LogP contribution in [0.4, 0.5) is 4.79 Å². The van der Waals surface area contributed by atoms with Crippen LogP contribution in [0.2, 0.25) is 0 Å². The Morgan fingerprint density at radius 2 is 1.87 bits per heavy atom. The largest absolute Gasteiger partial charge is 0.508 e. The molecule has 0 bridgehead atoms. The van der Waals surface area contributed by atoms with Gasteiger partial charge in [-0.3, -0.25) is 0 Å². The molecule has 0 heterocycles. The quantitative estimate of drug-likeness (QED) is 0.407. The van der Waals surface area contributed by atoms with Crippen LogP contribution in [0.15, 0.2) is 12.7 Å². The second-order valence-corrected chi connectivity index (χ2v) is 4.02. The Balaban J connectivity index is 2.11. The highest BCUT2D eigenvalue weighted by molar-refractivity contribution is 5.59. The number of ether oxygens (including phenoxy) is 2. The van der Waals surface area contributed by atoms with Gasteiger partial charge in [-0.05, 0) is 18.8 Å². The van der Waals surface area contributed by atoms with Crippen LogP contribution in [-0.4, -0.2) is 19.4 Å². The van der Waals surface area contributed by atoms with Crippen LogP contribution in [0.3, 0.4) is 0 Å². The Morgan fingerprint density at radius 1 is 1.20 bits per heavy atom. The lowest BCUT2D eigenvalue weighted by Crippen LogP contribution is -2.14. The molecule has 0 spiro atoms. The van der Waals surface area contributed by atoms with Gasteiger partial charge in [0.2, 0.25) is 0 Å². The average Bonchev–Trinajstić information content (AvgIpc) is 2.51. The van der Waals surface area contributed by atoms with Gasteiger partial charge in [0, 0.05) is 0 Å². The molecule has 0 aromatic rings. The minimum absolute atomic E-state index is 0.226. The van der Waals surface area contributed by atoms with E-state index in [4.69, 9.17) is 9.47 Å². The number of rotatable bonds is 4. The number of carbonyl (C=O) groups excluding carboxylic acids is 1. The van der Waals surface area contributed by atoms with E-state index in [1.54, 1.807) is 0 Å². The summed E-state index contributed by atoms with van der Waals surface area (Å²) in [6, 6.07) is 0. The topological polar surface area (TPSA) is 35.5 Å². The first kappa shape index (κ1) is 12.1. The molecule has 0 aromatic carbocycles. The summed E-state index contributed by atoms with van der Waals surface area (Å²) in [7, 11) is 0. The summed E-state index contributed by atoms with van der Waals surface area (Å²) in [4.78, 5) is 11.0. The SMILES string of the molecule is C=CCOC(=O)OCC1CCCCCC1. The molecule has 0 aromatic heterocycles. The zero-order chi connectivity index (χ0) is 10.9. The molecular weight excluding hydrogens is 192 g/mol. The fourth-order valence-corrected chi connectivity index (χ4v) is 1.89. The van der Waals surface area contributed by atoms with E-state index < -0.39 is 6.16 Å². The van der Waals surface area contributed by atoms with Crippen molar-refractivity contribution in [3.63, 3.8) is 0 Å². The minimum atomic E-state index is -0.570. The van der Waals surface area contributed by atoms with Gasteiger partial charge in [0.05, 0.1) is 6.61 Å². The molecule has 1 aliphatic carbocycles. The fourth-order valence-electron chi connectivity index (χ4n) is 1.89. The number of carbonyl (C=O) groups is 1. The molecule has 1 aliphatic rings. The molecule has 3 heteroatoms. The van der Waals surface area contributed by atoms with Gasteiger partial charge in [-0.15, -0.1) is 0 Å². The average molecular weight is 212 g/mol. The first-order chi connectivity index (χ1) is 7.33. The summed E-state index contributed by atoms with van der Waals surface area (Å²) in [5, 5.41) is 0. The lowest BCUT2D eigenvalue weighted by Gasteiger charge is -2.13. The minimum Gasteiger partial charge on any atom is -0.434 e. The third-order valence-corrected chi connectivity index (χ3v) is 2.73. The zero-order valence-electron chi connectivity index (χ0n) is 9.24. The van der Waals surface area contributed by atoms with Crippen LogP contribution in [0, 0.1) is 5.92 Å². The molecular formula is C12H20O3. The Kier molecular flexibility index (Phi) is 5.90. The van der Waals surface area contributed by atoms with E-state index in [0.717, 1.165) is 0 Å². The summed E-state index contributed by atoms with van der Waals surface area (Å²) in [5.74, 6) is 0.531. The van der Waals surface area contributed by atoms with Gasteiger partial charge in [0.25, 0.3) is 0 Å². The normalized spacial score (nSPS) is 17.9. The van der Waals surface area contributed by atoms with Gasteiger partial charge < -0.3 is 9.47 Å². The summed E-state index contributed by atoms with van der Waals surface area (Å²) >= 11 is 0. The Labute approximate surface area is 91.4 Å². The Bertz CT molecular complexity index is 193. The van der Waals surface area contributed by atoms with Crippen LogP contribution in [-0.2, 0) is 9.47 Å². The first-order valence-corrected chi connectivity index (χ1v) is 5.73. The van der Waals surface area contributed by atoms with Crippen LogP contribution in [0.1, 0.15) is 38.5 Å². The molecule has 0 amide bonds. The van der Waals surface area contributed by atoms with Crippen LogP contribution in [0.25, 0.3) is 0 Å². The second-order valence-electron chi connectivity index (χ2n) is 4.02. The lowest BCUT2D eigenvalue weighted by atomic mass is 10.0. The maximum Gasteiger partial charge on any atom is 0.508 e. The molecule has 0 unspecified atom stereocenters. The van der Waals surface area contributed by atoms with Crippen molar-refractivity contribution in [2.75, 3.05) is 13.2 Å². The smallest absolute Gasteiger partial charge is 0.434 e. The summed E-state index contributed by atoms with van der Waals surface area (Å²) in [6.07, 6.45) is 8.47.